The van der Waals surface area contributed by atoms with Crippen LogP contribution in [0, 0.1) is 23.2 Å². The second-order valence-electron chi connectivity index (χ2n) is 8.94. The van der Waals surface area contributed by atoms with Crippen LogP contribution in [0.5, 0.6) is 0 Å². The van der Waals surface area contributed by atoms with Gasteiger partial charge in [-0.2, -0.15) is 11.3 Å². The molecule has 2 amide bonds. The van der Waals surface area contributed by atoms with Crippen LogP contribution in [0.2, 0.25) is 0 Å². The van der Waals surface area contributed by atoms with Gasteiger partial charge in [-0.1, -0.05) is 0 Å². The molecule has 5 heteroatoms. The molecule has 0 aliphatic heterocycles. The number of nitrogens with one attached hydrogen (secondary N) is 1. The maximum Gasteiger partial charge on any atom is 0.226 e. The summed E-state index contributed by atoms with van der Waals surface area (Å²) in [7, 11) is 1.86. The van der Waals surface area contributed by atoms with E-state index in [1.807, 2.05) is 12.4 Å². The highest BCUT2D eigenvalue weighted by Gasteiger charge is 2.54. The molecule has 4 aliphatic rings. The van der Waals surface area contributed by atoms with E-state index in [1.165, 1.54) is 24.8 Å². The summed E-state index contributed by atoms with van der Waals surface area (Å²) < 4.78 is 0. The van der Waals surface area contributed by atoms with Crippen LogP contribution in [-0.4, -0.2) is 30.3 Å². The van der Waals surface area contributed by atoms with Crippen LogP contribution in [0.3, 0.4) is 0 Å². The highest BCUT2D eigenvalue weighted by molar-refractivity contribution is 7.07. The van der Waals surface area contributed by atoms with E-state index in [0.29, 0.717) is 19.5 Å². The molecule has 4 nitrogen and oxygen atoms in total. The Hall–Kier alpha value is -1.36. The first-order chi connectivity index (χ1) is 12.5. The second kappa shape index (κ2) is 7.34. The van der Waals surface area contributed by atoms with Crippen molar-refractivity contribution in [2.24, 2.45) is 23.2 Å². The van der Waals surface area contributed by atoms with E-state index in [1.54, 1.807) is 16.2 Å². The number of hydrogen-bond acceptors (Lipinski definition) is 3. The Kier molecular flexibility index (Phi) is 5.09. The van der Waals surface area contributed by atoms with Crippen molar-refractivity contribution in [2.75, 3.05) is 13.6 Å². The van der Waals surface area contributed by atoms with Gasteiger partial charge >= 0.3 is 0 Å². The Labute approximate surface area is 160 Å². The molecule has 1 aromatic heterocycles. The van der Waals surface area contributed by atoms with Crippen molar-refractivity contribution in [3.05, 3.63) is 22.4 Å². The summed E-state index contributed by atoms with van der Waals surface area (Å²) in [5.41, 5.74) is 1.11. The number of nitrogens with zero attached hydrogens (tertiary/aromatic N) is 1. The highest BCUT2D eigenvalue weighted by atomic mass is 32.1. The third-order valence-corrected chi connectivity index (χ3v) is 7.53. The normalized spacial score (nSPS) is 31.8. The largest absolute Gasteiger partial charge is 0.356 e. The van der Waals surface area contributed by atoms with Crippen molar-refractivity contribution in [3.8, 4) is 0 Å². The topological polar surface area (TPSA) is 49.4 Å². The molecule has 0 saturated heterocycles. The van der Waals surface area contributed by atoms with Crippen LogP contribution in [-0.2, 0) is 16.1 Å². The average molecular weight is 375 g/mol. The summed E-state index contributed by atoms with van der Waals surface area (Å²) in [4.78, 5) is 26.9. The summed E-state index contributed by atoms with van der Waals surface area (Å²) in [6.45, 7) is 1.29. The molecule has 4 saturated carbocycles. The van der Waals surface area contributed by atoms with Gasteiger partial charge in [0.1, 0.15) is 0 Å². The Morgan fingerprint density at radius 1 is 1.19 bits per heavy atom. The van der Waals surface area contributed by atoms with E-state index >= 15 is 0 Å². The van der Waals surface area contributed by atoms with Crippen LogP contribution < -0.4 is 5.32 Å². The molecule has 4 bridgehead atoms. The predicted octanol–water partition coefficient (Wildman–Crippen LogP) is 3.82. The van der Waals surface area contributed by atoms with Gasteiger partial charge in [-0.15, -0.1) is 0 Å². The van der Waals surface area contributed by atoms with Crippen molar-refractivity contribution < 1.29 is 9.59 Å². The van der Waals surface area contributed by atoms with Gasteiger partial charge < -0.3 is 10.2 Å². The molecule has 1 heterocycles. The van der Waals surface area contributed by atoms with Crippen LogP contribution in [0.25, 0.3) is 0 Å². The fraction of sp³-hybridized carbons (Fsp3) is 0.714. The Morgan fingerprint density at radius 2 is 1.85 bits per heavy atom. The average Bonchev–Trinajstić information content (AvgIpc) is 3.10. The Bertz CT molecular complexity index is 620. The first-order valence-electron chi connectivity index (χ1n) is 10.1. The highest BCUT2D eigenvalue weighted by Crippen LogP contribution is 2.60. The molecule has 0 aromatic carbocycles. The van der Waals surface area contributed by atoms with Gasteiger partial charge in [0.05, 0.1) is 0 Å². The SMILES string of the molecule is CN(Cc1ccsc1)C(=O)CCCNC(=O)C12CC3CC(CC(C3)C1)C2. The quantitative estimate of drug-likeness (QED) is 0.738. The van der Waals surface area contributed by atoms with Crippen LogP contribution in [0.4, 0.5) is 0 Å². The maximum absolute atomic E-state index is 12.9. The summed E-state index contributed by atoms with van der Waals surface area (Å²) >= 11 is 1.66. The summed E-state index contributed by atoms with van der Waals surface area (Å²) in [5, 5.41) is 7.29. The zero-order valence-corrected chi connectivity index (χ0v) is 16.5. The van der Waals surface area contributed by atoms with Gasteiger partial charge in [0.25, 0.3) is 0 Å². The van der Waals surface area contributed by atoms with Gasteiger partial charge in [-0.3, -0.25) is 9.59 Å². The Morgan fingerprint density at radius 3 is 2.42 bits per heavy atom. The lowest BCUT2D eigenvalue weighted by Crippen LogP contribution is -2.53. The fourth-order valence-corrected chi connectivity index (χ4v) is 6.61. The minimum Gasteiger partial charge on any atom is -0.356 e. The van der Waals surface area contributed by atoms with Crippen molar-refractivity contribution in [1.29, 1.82) is 0 Å². The monoisotopic (exact) mass is 374 g/mol. The molecule has 26 heavy (non-hydrogen) atoms. The van der Waals surface area contributed by atoms with E-state index in [0.717, 1.165) is 43.4 Å². The van der Waals surface area contributed by atoms with E-state index in [9.17, 15) is 9.59 Å². The number of rotatable bonds is 7. The summed E-state index contributed by atoms with van der Waals surface area (Å²) in [6, 6.07) is 2.06. The van der Waals surface area contributed by atoms with Gasteiger partial charge in [0.15, 0.2) is 0 Å². The molecule has 4 aliphatic carbocycles. The van der Waals surface area contributed by atoms with Crippen molar-refractivity contribution >= 4 is 23.2 Å². The first kappa shape index (κ1) is 18.0. The molecule has 0 unspecified atom stereocenters. The molecule has 0 atom stereocenters. The lowest BCUT2D eigenvalue weighted by molar-refractivity contribution is -0.146. The summed E-state index contributed by atoms with van der Waals surface area (Å²) in [5.74, 6) is 2.80. The van der Waals surface area contributed by atoms with Crippen LogP contribution in [0.15, 0.2) is 16.8 Å². The van der Waals surface area contributed by atoms with E-state index in [4.69, 9.17) is 0 Å². The van der Waals surface area contributed by atoms with Gasteiger partial charge in [-0.05, 0) is 85.1 Å². The lowest BCUT2D eigenvalue weighted by atomic mass is 9.49. The zero-order valence-electron chi connectivity index (χ0n) is 15.7. The molecular formula is C21H30N2O2S. The number of thiophene rings is 1. The lowest BCUT2D eigenvalue weighted by Gasteiger charge is -2.55. The van der Waals surface area contributed by atoms with Crippen LogP contribution >= 0.6 is 11.3 Å². The molecule has 0 radical (unpaired) electrons. The van der Waals surface area contributed by atoms with Crippen LogP contribution in [0.1, 0.15) is 56.9 Å². The number of amides is 2. The van der Waals surface area contributed by atoms with Crippen molar-refractivity contribution in [2.45, 2.75) is 57.9 Å². The molecule has 5 rings (SSSR count). The molecular weight excluding hydrogens is 344 g/mol. The second-order valence-corrected chi connectivity index (χ2v) is 9.72. The van der Waals surface area contributed by atoms with Gasteiger partial charge in [-0.25, -0.2) is 0 Å². The molecule has 1 N–H and O–H groups in total. The molecule has 4 fully saturated rings. The maximum atomic E-state index is 12.9. The minimum atomic E-state index is -0.0749. The third kappa shape index (κ3) is 3.68. The van der Waals surface area contributed by atoms with Gasteiger partial charge in [0.2, 0.25) is 11.8 Å². The van der Waals surface area contributed by atoms with E-state index in [-0.39, 0.29) is 17.2 Å². The number of carbonyl (C=O) groups is 2. The van der Waals surface area contributed by atoms with Crippen molar-refractivity contribution in [3.63, 3.8) is 0 Å². The van der Waals surface area contributed by atoms with E-state index < -0.39 is 0 Å². The predicted molar refractivity (Wildman–Crippen MR) is 104 cm³/mol. The fourth-order valence-electron chi connectivity index (χ4n) is 5.95. The minimum absolute atomic E-state index is 0.0749. The zero-order chi connectivity index (χ0) is 18.1. The third-order valence-electron chi connectivity index (χ3n) is 6.80. The Balaban J connectivity index is 1.20. The van der Waals surface area contributed by atoms with Gasteiger partial charge in [0, 0.05) is 32.0 Å². The smallest absolute Gasteiger partial charge is 0.226 e. The summed E-state index contributed by atoms with van der Waals surface area (Å²) in [6.07, 6.45) is 8.62. The standard InChI is InChI=1S/C21H30N2O2S/c1-23(13-15-4-6-26-14-15)19(24)3-2-5-22-20(25)21-10-16-7-17(11-21)9-18(8-16)12-21/h4,6,14,16-18H,2-3,5,7-13H2,1H3,(H,22,25). The molecule has 1 aromatic rings. The number of carbonyl (C=O) groups excluding carboxylic acids is 2. The molecule has 142 valence electrons. The first-order valence-corrected chi connectivity index (χ1v) is 11.0. The molecule has 0 spiro atoms. The van der Waals surface area contributed by atoms with Crippen molar-refractivity contribution in [1.82, 2.24) is 10.2 Å². The van der Waals surface area contributed by atoms with E-state index in [2.05, 4.69) is 16.8 Å². The number of hydrogen-bond donors (Lipinski definition) is 1.